The summed E-state index contributed by atoms with van der Waals surface area (Å²) in [4.78, 5) is 11.1. The van der Waals surface area contributed by atoms with E-state index in [1.54, 1.807) is 0 Å². The third kappa shape index (κ3) is 3.33. The van der Waals surface area contributed by atoms with Gasteiger partial charge in [0.2, 0.25) is 0 Å². The fourth-order valence-electron chi connectivity index (χ4n) is 3.13. The van der Waals surface area contributed by atoms with Crippen LogP contribution in [-0.2, 0) is 20.5 Å². The lowest BCUT2D eigenvalue weighted by Gasteiger charge is -2.29. The monoisotopic (exact) mass is 329 g/mol. The molecule has 0 saturated carbocycles. The first-order valence-corrected chi connectivity index (χ1v) is 7.89. The van der Waals surface area contributed by atoms with E-state index in [0.29, 0.717) is 24.4 Å². The topological polar surface area (TPSA) is 81.8 Å². The zero-order valence-electron chi connectivity index (χ0n) is 14.7. The van der Waals surface area contributed by atoms with Gasteiger partial charge in [0.1, 0.15) is 6.04 Å². The summed E-state index contributed by atoms with van der Waals surface area (Å²) in [6.45, 7) is 15.7. The predicted molar refractivity (Wildman–Crippen MR) is 95.2 cm³/mol. The summed E-state index contributed by atoms with van der Waals surface area (Å²) in [6, 6.07) is -0.922. The van der Waals surface area contributed by atoms with Crippen LogP contribution in [0.4, 0.5) is 0 Å². The fraction of sp³-hybridized carbons (Fsp3) is 0.389. The van der Waals surface area contributed by atoms with Crippen molar-refractivity contribution in [3.63, 3.8) is 0 Å². The van der Waals surface area contributed by atoms with E-state index in [2.05, 4.69) is 13.2 Å². The van der Waals surface area contributed by atoms with Crippen molar-refractivity contribution in [1.29, 1.82) is 0 Å². The molecule has 1 atom stereocenters. The summed E-state index contributed by atoms with van der Waals surface area (Å²) in [5, 5.41) is 9.10. The van der Waals surface area contributed by atoms with Gasteiger partial charge in [0.15, 0.2) is 0 Å². The number of carboxylic acids is 1. The zero-order valence-corrected chi connectivity index (χ0v) is 14.7. The average Bonchev–Trinajstić information content (AvgIpc) is 2.48. The van der Waals surface area contributed by atoms with Crippen molar-refractivity contribution in [2.45, 2.75) is 46.6 Å². The minimum atomic E-state index is -1.00. The van der Waals surface area contributed by atoms with Crippen LogP contribution < -0.4 is 11.2 Å². The van der Waals surface area contributed by atoms with E-state index < -0.39 is 19.1 Å². The Labute approximate surface area is 143 Å². The van der Waals surface area contributed by atoms with Gasteiger partial charge in [0.05, 0.1) is 17.9 Å². The Morgan fingerprint density at radius 1 is 1.12 bits per heavy atom. The molecule has 1 heterocycles. The van der Waals surface area contributed by atoms with E-state index >= 15 is 0 Å². The molecule has 1 aromatic rings. The minimum absolute atomic E-state index is 0.292. The molecule has 1 aliphatic rings. The summed E-state index contributed by atoms with van der Waals surface area (Å²) in [5.41, 5.74) is 11.7. The van der Waals surface area contributed by atoms with Crippen molar-refractivity contribution < 1.29 is 19.2 Å². The Balaban J connectivity index is 2.50. The number of benzene rings is 1. The lowest BCUT2D eigenvalue weighted by atomic mass is 9.69. The van der Waals surface area contributed by atoms with E-state index in [0.717, 1.165) is 33.3 Å². The molecule has 0 radical (unpaired) electrons. The Morgan fingerprint density at radius 3 is 2.00 bits per heavy atom. The molecule has 2 rings (SSSR count). The van der Waals surface area contributed by atoms with Crippen LogP contribution in [0.15, 0.2) is 24.7 Å². The lowest BCUT2D eigenvalue weighted by Crippen LogP contribution is -2.43. The van der Waals surface area contributed by atoms with Crippen molar-refractivity contribution in [1.82, 2.24) is 0 Å². The highest BCUT2D eigenvalue weighted by atomic mass is 16.6. The summed E-state index contributed by atoms with van der Waals surface area (Å²) in [5.74, 6) is 0.254. The van der Waals surface area contributed by atoms with Crippen LogP contribution in [-0.4, -0.2) is 24.2 Å². The molecule has 1 fully saturated rings. The predicted octanol–water partition coefficient (Wildman–Crippen LogP) is 2.03. The maximum absolute atomic E-state index is 11.1. The van der Waals surface area contributed by atoms with Crippen molar-refractivity contribution in [3.05, 3.63) is 52.5 Å². The van der Waals surface area contributed by atoms with E-state index in [1.165, 1.54) is 0 Å². The summed E-state index contributed by atoms with van der Waals surface area (Å²) in [7, 11) is -0.571. The van der Waals surface area contributed by atoms with E-state index in [9.17, 15) is 4.79 Å². The van der Waals surface area contributed by atoms with E-state index in [4.69, 9.17) is 20.1 Å². The second kappa shape index (κ2) is 6.73. The molecule has 128 valence electrons. The largest absolute Gasteiger partial charge is 0.632 e. The highest BCUT2D eigenvalue weighted by molar-refractivity contribution is 6.63. The molecule has 1 aliphatic heterocycles. The molecular weight excluding hydrogens is 305 g/mol. The van der Waals surface area contributed by atoms with E-state index in [-0.39, 0.29) is 0 Å². The van der Waals surface area contributed by atoms with Crippen LogP contribution in [0.2, 0.25) is 0 Å². The average molecular weight is 329 g/mol. The van der Waals surface area contributed by atoms with Crippen molar-refractivity contribution >= 4 is 18.6 Å². The molecule has 0 spiro atoms. The number of rotatable bonds is 4. The van der Waals surface area contributed by atoms with Gasteiger partial charge in [-0.05, 0) is 61.9 Å². The number of nitrogens with two attached hydrogens (primary N) is 1. The van der Waals surface area contributed by atoms with Gasteiger partial charge in [0, 0.05) is 5.46 Å². The maximum atomic E-state index is 11.1. The normalized spacial score (nSPS) is 15.8. The van der Waals surface area contributed by atoms with Gasteiger partial charge in [0.25, 0.3) is 0 Å². The third-order valence-electron chi connectivity index (χ3n) is 4.76. The quantitative estimate of drug-likeness (QED) is 0.826. The molecule has 3 N–H and O–H groups in total. The molecule has 24 heavy (non-hydrogen) atoms. The number of carbonyl (C=O) groups is 1. The maximum Gasteiger partial charge on any atom is 0.632 e. The van der Waals surface area contributed by atoms with Gasteiger partial charge in [-0.15, -0.1) is 0 Å². The zero-order chi connectivity index (χ0) is 18.2. The van der Waals surface area contributed by atoms with Crippen LogP contribution >= 0.6 is 0 Å². The molecule has 0 bridgehead atoms. The third-order valence-corrected chi connectivity index (χ3v) is 4.76. The molecule has 0 aromatic heterocycles. The first-order valence-electron chi connectivity index (χ1n) is 7.89. The minimum Gasteiger partial charge on any atom is -0.526 e. The first-order chi connectivity index (χ1) is 11.1. The number of aliphatic carboxylic acids is 1. The molecule has 6 heteroatoms. The SMILES string of the molecule is C=C1CC(=C)OB(c2c(C)c(C)c(CC(N)C(=O)O)c(C)c2C)O1. The molecule has 1 unspecified atom stereocenters. The number of hydrogen-bond acceptors (Lipinski definition) is 4. The Hall–Kier alpha value is -2.21. The highest BCUT2D eigenvalue weighted by Crippen LogP contribution is 2.26. The first kappa shape index (κ1) is 18.1. The second-order valence-electron chi connectivity index (χ2n) is 6.36. The summed E-state index contributed by atoms with van der Waals surface area (Å²) >= 11 is 0. The van der Waals surface area contributed by atoms with Crippen LogP contribution in [0.5, 0.6) is 0 Å². The molecule has 1 saturated heterocycles. The summed E-state index contributed by atoms with van der Waals surface area (Å²) in [6.07, 6.45) is 0.791. The van der Waals surface area contributed by atoms with Crippen molar-refractivity contribution in [2.75, 3.05) is 0 Å². The van der Waals surface area contributed by atoms with Crippen LogP contribution in [0, 0.1) is 27.7 Å². The van der Waals surface area contributed by atoms with Gasteiger partial charge in [-0.1, -0.05) is 13.2 Å². The van der Waals surface area contributed by atoms with Gasteiger partial charge >= 0.3 is 13.1 Å². The molecule has 0 aliphatic carbocycles. The highest BCUT2D eigenvalue weighted by Gasteiger charge is 2.36. The van der Waals surface area contributed by atoms with Gasteiger partial charge < -0.3 is 20.1 Å². The fourth-order valence-corrected chi connectivity index (χ4v) is 3.13. The Morgan fingerprint density at radius 2 is 1.58 bits per heavy atom. The van der Waals surface area contributed by atoms with Crippen LogP contribution in [0.25, 0.3) is 0 Å². The molecule has 1 aromatic carbocycles. The van der Waals surface area contributed by atoms with Crippen molar-refractivity contribution in [2.24, 2.45) is 5.73 Å². The smallest absolute Gasteiger partial charge is 0.526 e. The molecular formula is C18H24BNO4. The molecule has 0 amide bonds. The van der Waals surface area contributed by atoms with Crippen LogP contribution in [0.1, 0.15) is 34.2 Å². The Kier molecular flexibility index (Phi) is 5.09. The van der Waals surface area contributed by atoms with Gasteiger partial charge in [-0.25, -0.2) is 0 Å². The van der Waals surface area contributed by atoms with Crippen LogP contribution in [0.3, 0.4) is 0 Å². The number of carboxylic acid groups (broad SMARTS) is 1. The standard InChI is InChI=1S/C18H24BNO4/c1-9-7-10(2)24-19(23-9)17-13(5)11(3)15(12(4)14(17)6)8-16(20)18(21)22/h16H,1-2,7-8,20H2,3-6H3,(H,21,22). The van der Waals surface area contributed by atoms with E-state index in [1.807, 2.05) is 27.7 Å². The van der Waals surface area contributed by atoms with Gasteiger partial charge in [-0.3, -0.25) is 4.79 Å². The van der Waals surface area contributed by atoms with Gasteiger partial charge in [-0.2, -0.15) is 0 Å². The second-order valence-corrected chi connectivity index (χ2v) is 6.36. The summed E-state index contributed by atoms with van der Waals surface area (Å²) < 4.78 is 11.6. The van der Waals surface area contributed by atoms with Crippen molar-refractivity contribution in [3.8, 4) is 0 Å². The lowest BCUT2D eigenvalue weighted by molar-refractivity contribution is -0.138. The molecule has 5 nitrogen and oxygen atoms in total. The number of hydrogen-bond donors (Lipinski definition) is 2. The Bertz CT molecular complexity index is 681.